The van der Waals surface area contributed by atoms with E-state index in [0.29, 0.717) is 5.70 Å². The van der Waals surface area contributed by atoms with E-state index in [1.165, 1.54) is 10.9 Å². The van der Waals surface area contributed by atoms with Crippen LogP contribution in [0, 0.1) is 11.3 Å². The van der Waals surface area contributed by atoms with E-state index in [2.05, 4.69) is 34.3 Å². The predicted molar refractivity (Wildman–Crippen MR) is 92.4 cm³/mol. The highest BCUT2D eigenvalue weighted by molar-refractivity contribution is 5.86. The lowest BCUT2D eigenvalue weighted by molar-refractivity contribution is 0.920. The minimum Gasteiger partial charge on any atom is -0.396 e. The number of benzene rings is 2. The summed E-state index contributed by atoms with van der Waals surface area (Å²) in [5.74, 6) is 5.32. The second-order valence-electron chi connectivity index (χ2n) is 5.33. The third-order valence-corrected chi connectivity index (χ3v) is 3.92. The van der Waals surface area contributed by atoms with Crippen molar-refractivity contribution in [1.29, 1.82) is 5.26 Å². The number of nitrogens with zero attached hydrogens (tertiary/aromatic N) is 2. The summed E-state index contributed by atoms with van der Waals surface area (Å²) in [6, 6.07) is 18.1. The Morgan fingerprint density at radius 2 is 1.91 bits per heavy atom. The topological polar surface area (TPSA) is 92.8 Å². The van der Waals surface area contributed by atoms with Gasteiger partial charge in [0.1, 0.15) is 6.07 Å². The van der Waals surface area contributed by atoms with E-state index in [0.717, 1.165) is 16.7 Å². The van der Waals surface area contributed by atoms with Crippen LogP contribution in [0.5, 0.6) is 0 Å². The Balaban J connectivity index is 2.08. The van der Waals surface area contributed by atoms with Crippen molar-refractivity contribution in [2.24, 2.45) is 18.6 Å². The molecule has 23 heavy (non-hydrogen) atoms. The molecule has 0 amide bonds. The smallest absolute Gasteiger partial charge is 0.151 e. The van der Waals surface area contributed by atoms with Crippen molar-refractivity contribution in [1.82, 2.24) is 9.99 Å². The summed E-state index contributed by atoms with van der Waals surface area (Å²) in [4.78, 5) is 0. The number of hydrogen-bond donors (Lipinski definition) is 3. The molecule has 0 atom stereocenters. The van der Waals surface area contributed by atoms with E-state index < -0.39 is 0 Å². The monoisotopic (exact) mass is 303 g/mol. The first kappa shape index (κ1) is 14.7. The van der Waals surface area contributed by atoms with Gasteiger partial charge in [-0.3, -0.25) is 0 Å². The maximum Gasteiger partial charge on any atom is 0.151 e. The number of fused-ring (bicyclic) bond motifs is 1. The van der Waals surface area contributed by atoms with Gasteiger partial charge in [-0.2, -0.15) is 5.26 Å². The molecule has 0 saturated heterocycles. The standard InChI is InChI=1S/C18H17N5/c1-23-8-7-14-9-13(5-6-17(14)23)12-3-2-4-15(10-12)18(20)16(11-19)22-21/h2-10,22H,20-21H2,1H3/b18-16-. The highest BCUT2D eigenvalue weighted by atomic mass is 15.2. The fraction of sp³-hybridized carbons (Fsp3) is 0.0556. The van der Waals surface area contributed by atoms with E-state index in [9.17, 15) is 0 Å². The molecule has 0 aliphatic carbocycles. The summed E-state index contributed by atoms with van der Waals surface area (Å²) in [7, 11) is 2.03. The predicted octanol–water partition coefficient (Wildman–Crippen LogP) is 2.46. The number of hydrogen-bond acceptors (Lipinski definition) is 4. The summed E-state index contributed by atoms with van der Waals surface area (Å²) < 4.78 is 2.09. The lowest BCUT2D eigenvalue weighted by Crippen LogP contribution is -2.23. The molecular formula is C18H17N5. The zero-order valence-corrected chi connectivity index (χ0v) is 12.7. The van der Waals surface area contributed by atoms with Gasteiger partial charge in [-0.25, -0.2) is 5.84 Å². The van der Waals surface area contributed by atoms with Gasteiger partial charge < -0.3 is 15.7 Å². The molecule has 0 aliphatic heterocycles. The lowest BCUT2D eigenvalue weighted by Gasteiger charge is -2.08. The number of nitriles is 1. The van der Waals surface area contributed by atoms with Gasteiger partial charge in [0.2, 0.25) is 0 Å². The molecule has 114 valence electrons. The van der Waals surface area contributed by atoms with Gasteiger partial charge in [0, 0.05) is 29.7 Å². The van der Waals surface area contributed by atoms with Gasteiger partial charge >= 0.3 is 0 Å². The van der Waals surface area contributed by atoms with E-state index >= 15 is 0 Å². The maximum absolute atomic E-state index is 9.03. The third kappa shape index (κ3) is 2.63. The van der Waals surface area contributed by atoms with Gasteiger partial charge in [0.05, 0.1) is 5.70 Å². The van der Waals surface area contributed by atoms with Gasteiger partial charge in [-0.05, 0) is 35.4 Å². The lowest BCUT2D eigenvalue weighted by atomic mass is 10.0. The maximum atomic E-state index is 9.03. The van der Waals surface area contributed by atoms with Crippen LogP contribution in [-0.2, 0) is 7.05 Å². The number of hydrazine groups is 1. The highest BCUT2D eigenvalue weighted by Gasteiger charge is 2.07. The van der Waals surface area contributed by atoms with E-state index in [4.69, 9.17) is 16.8 Å². The molecule has 0 fully saturated rings. The molecule has 1 aromatic heterocycles. The van der Waals surface area contributed by atoms with Crippen LogP contribution in [0.4, 0.5) is 0 Å². The minimum absolute atomic E-state index is 0.153. The van der Waals surface area contributed by atoms with Crippen molar-refractivity contribution in [3.8, 4) is 17.2 Å². The van der Waals surface area contributed by atoms with Gasteiger partial charge in [0.15, 0.2) is 5.70 Å². The molecule has 0 unspecified atom stereocenters. The number of aromatic nitrogens is 1. The summed E-state index contributed by atoms with van der Waals surface area (Å²) in [6.07, 6.45) is 2.04. The second kappa shape index (κ2) is 5.87. The molecule has 0 bridgehead atoms. The first-order chi connectivity index (χ1) is 11.1. The van der Waals surface area contributed by atoms with Crippen molar-refractivity contribution < 1.29 is 0 Å². The molecule has 0 aliphatic rings. The molecule has 0 spiro atoms. The van der Waals surface area contributed by atoms with Crippen molar-refractivity contribution in [3.05, 3.63) is 66.0 Å². The number of aryl methyl sites for hydroxylation is 1. The van der Waals surface area contributed by atoms with E-state index in [-0.39, 0.29) is 5.70 Å². The Kier molecular flexibility index (Phi) is 3.75. The quantitative estimate of drug-likeness (QED) is 0.393. The van der Waals surface area contributed by atoms with Crippen LogP contribution in [0.1, 0.15) is 5.56 Å². The van der Waals surface area contributed by atoms with Crippen molar-refractivity contribution >= 4 is 16.6 Å². The molecular weight excluding hydrogens is 286 g/mol. The Morgan fingerprint density at radius 3 is 2.65 bits per heavy atom. The van der Waals surface area contributed by atoms with Crippen LogP contribution < -0.4 is 17.0 Å². The average molecular weight is 303 g/mol. The fourth-order valence-corrected chi connectivity index (χ4v) is 2.64. The largest absolute Gasteiger partial charge is 0.396 e. The Morgan fingerprint density at radius 1 is 1.13 bits per heavy atom. The normalized spacial score (nSPS) is 11.9. The van der Waals surface area contributed by atoms with Crippen molar-refractivity contribution in [3.63, 3.8) is 0 Å². The van der Waals surface area contributed by atoms with Crippen molar-refractivity contribution in [2.75, 3.05) is 0 Å². The van der Waals surface area contributed by atoms with E-state index in [1.807, 2.05) is 43.6 Å². The summed E-state index contributed by atoms with van der Waals surface area (Å²) in [5, 5.41) is 10.2. The highest BCUT2D eigenvalue weighted by Crippen LogP contribution is 2.26. The van der Waals surface area contributed by atoms with Crippen LogP contribution in [0.2, 0.25) is 0 Å². The Bertz CT molecular complexity index is 943. The second-order valence-corrected chi connectivity index (χ2v) is 5.33. The molecule has 5 heteroatoms. The summed E-state index contributed by atoms with van der Waals surface area (Å²) >= 11 is 0. The van der Waals surface area contributed by atoms with Crippen LogP contribution in [0.3, 0.4) is 0 Å². The van der Waals surface area contributed by atoms with Gasteiger partial charge in [-0.15, -0.1) is 0 Å². The van der Waals surface area contributed by atoms with Gasteiger partial charge in [-0.1, -0.05) is 24.3 Å². The fourth-order valence-electron chi connectivity index (χ4n) is 2.64. The van der Waals surface area contributed by atoms with Crippen LogP contribution in [-0.4, -0.2) is 4.57 Å². The zero-order chi connectivity index (χ0) is 16.4. The van der Waals surface area contributed by atoms with Crippen LogP contribution in [0.15, 0.2) is 60.4 Å². The Labute approximate surface area is 134 Å². The van der Waals surface area contributed by atoms with Crippen molar-refractivity contribution in [2.45, 2.75) is 0 Å². The number of nitrogens with two attached hydrogens (primary N) is 2. The number of nitrogens with one attached hydrogen (secondary N) is 1. The van der Waals surface area contributed by atoms with E-state index in [1.54, 1.807) is 0 Å². The first-order valence-electron chi connectivity index (χ1n) is 7.16. The molecule has 3 rings (SSSR count). The van der Waals surface area contributed by atoms with Crippen LogP contribution >= 0.6 is 0 Å². The first-order valence-corrected chi connectivity index (χ1v) is 7.16. The molecule has 0 saturated carbocycles. The molecule has 3 aromatic rings. The molecule has 0 radical (unpaired) electrons. The van der Waals surface area contributed by atoms with Gasteiger partial charge in [0.25, 0.3) is 0 Å². The summed E-state index contributed by atoms with van der Waals surface area (Å²) in [6.45, 7) is 0. The van der Waals surface area contributed by atoms with Crippen LogP contribution in [0.25, 0.3) is 27.7 Å². The minimum atomic E-state index is 0.153. The zero-order valence-electron chi connectivity index (χ0n) is 12.7. The SMILES string of the molecule is Cn1ccc2cc(-c3cccc(/C(N)=C(\C#N)NN)c3)ccc21. The summed E-state index contributed by atoms with van der Waals surface area (Å²) in [5.41, 5.74) is 12.9. The molecule has 5 N–H and O–H groups in total. The molecule has 5 nitrogen and oxygen atoms in total. The third-order valence-electron chi connectivity index (χ3n) is 3.92. The average Bonchev–Trinajstić information content (AvgIpc) is 2.96. The molecule has 2 aromatic carbocycles. The Hall–Kier alpha value is -3.23. The molecule has 1 heterocycles. The number of rotatable bonds is 3. The number of allylic oxidation sites excluding steroid dienone is 1.